The van der Waals surface area contributed by atoms with Gasteiger partial charge in [-0.1, -0.05) is 53.3 Å². The first kappa shape index (κ1) is 15.4. The van der Waals surface area contributed by atoms with Crippen molar-refractivity contribution >= 4 is 58.2 Å². The second-order valence-electron chi connectivity index (χ2n) is 2.30. The average Bonchev–Trinajstić information content (AvgIpc) is 2.14. The van der Waals surface area contributed by atoms with Crippen molar-refractivity contribution in [2.24, 2.45) is 0 Å². The second kappa shape index (κ2) is 7.63. The molecule has 3 nitrogen and oxygen atoms in total. The van der Waals surface area contributed by atoms with Crippen LogP contribution in [0.15, 0.2) is 19.6 Å². The van der Waals surface area contributed by atoms with Gasteiger partial charge in [0.2, 0.25) is 0 Å². The highest BCUT2D eigenvalue weighted by molar-refractivity contribution is 8.04. The quantitative estimate of drug-likeness (QED) is 0.420. The van der Waals surface area contributed by atoms with E-state index in [0.717, 1.165) is 18.2 Å². The molecule has 8 heteroatoms. The number of hydrogen-bond acceptors (Lipinski definition) is 3. The van der Waals surface area contributed by atoms with Gasteiger partial charge in [0.25, 0.3) is 0 Å². The van der Waals surface area contributed by atoms with Gasteiger partial charge in [0.15, 0.2) is 9.40 Å². The van der Waals surface area contributed by atoms with Crippen molar-refractivity contribution in [1.29, 1.82) is 0 Å². The summed E-state index contributed by atoms with van der Waals surface area (Å²) in [5.74, 6) is 0.653. The standard InChI is InChI=1S/C7H7Cl4NO2S/c1-2-3-15-7(11)5(12(13)14)4(8)6(9)10/h2-3H2,1H3/b7-5+. The lowest BCUT2D eigenvalue weighted by Gasteiger charge is -2.00. The maximum absolute atomic E-state index is 10.7. The molecule has 0 atom stereocenters. The van der Waals surface area contributed by atoms with Crippen LogP contribution in [0.4, 0.5) is 0 Å². The van der Waals surface area contributed by atoms with Crippen molar-refractivity contribution in [2.75, 3.05) is 5.75 Å². The summed E-state index contributed by atoms with van der Waals surface area (Å²) in [4.78, 5) is 9.95. The fraction of sp³-hybridized carbons (Fsp3) is 0.429. The zero-order valence-corrected chi connectivity index (χ0v) is 11.4. The fourth-order valence-electron chi connectivity index (χ4n) is 0.588. The van der Waals surface area contributed by atoms with Crippen molar-refractivity contribution in [3.8, 4) is 0 Å². The van der Waals surface area contributed by atoms with E-state index in [-0.39, 0.29) is 13.9 Å². The Hall–Kier alpha value is 0.390. The third-order valence-corrected chi connectivity index (χ3v) is 3.68. The van der Waals surface area contributed by atoms with Gasteiger partial charge in [0, 0.05) is 0 Å². The molecule has 0 radical (unpaired) electrons. The molecule has 0 aliphatic carbocycles. The van der Waals surface area contributed by atoms with Gasteiger partial charge in [-0.2, -0.15) is 0 Å². The van der Waals surface area contributed by atoms with Crippen LogP contribution < -0.4 is 0 Å². The van der Waals surface area contributed by atoms with Crippen LogP contribution in [0.25, 0.3) is 0 Å². The van der Waals surface area contributed by atoms with Crippen molar-refractivity contribution < 1.29 is 4.92 Å². The van der Waals surface area contributed by atoms with Crippen LogP contribution in [-0.4, -0.2) is 10.7 Å². The fourth-order valence-corrected chi connectivity index (χ4v) is 2.13. The molecule has 0 saturated carbocycles. The Morgan fingerprint density at radius 1 is 1.33 bits per heavy atom. The van der Waals surface area contributed by atoms with Crippen molar-refractivity contribution in [2.45, 2.75) is 13.3 Å². The van der Waals surface area contributed by atoms with E-state index in [1.807, 2.05) is 6.92 Å². The summed E-state index contributed by atoms with van der Waals surface area (Å²) in [5.41, 5.74) is -0.461. The molecular formula is C7H7Cl4NO2S. The van der Waals surface area contributed by atoms with Crippen LogP contribution >= 0.6 is 58.2 Å². The Bertz CT molecular complexity index is 312. The molecule has 86 valence electrons. The summed E-state index contributed by atoms with van der Waals surface area (Å²) >= 11 is 23.1. The van der Waals surface area contributed by atoms with Gasteiger partial charge in [0.1, 0.15) is 4.49 Å². The number of nitro groups is 1. The van der Waals surface area contributed by atoms with Crippen LogP contribution in [0.2, 0.25) is 0 Å². The number of halogens is 4. The number of allylic oxidation sites excluding steroid dienone is 1. The van der Waals surface area contributed by atoms with Crippen LogP contribution in [0.1, 0.15) is 13.3 Å². The first-order valence-electron chi connectivity index (χ1n) is 3.79. The van der Waals surface area contributed by atoms with Gasteiger partial charge in [0.05, 0.1) is 4.92 Å². The van der Waals surface area contributed by atoms with E-state index >= 15 is 0 Å². The Morgan fingerprint density at radius 2 is 1.87 bits per heavy atom. The summed E-state index contributed by atoms with van der Waals surface area (Å²) in [6, 6.07) is 0. The van der Waals surface area contributed by atoms with Crippen molar-refractivity contribution in [3.63, 3.8) is 0 Å². The van der Waals surface area contributed by atoms with Crippen molar-refractivity contribution in [1.82, 2.24) is 0 Å². The van der Waals surface area contributed by atoms with Gasteiger partial charge < -0.3 is 0 Å². The zero-order valence-electron chi connectivity index (χ0n) is 7.60. The van der Waals surface area contributed by atoms with E-state index in [0.29, 0.717) is 5.75 Å². The van der Waals surface area contributed by atoms with E-state index in [9.17, 15) is 10.1 Å². The maximum atomic E-state index is 10.7. The molecule has 0 heterocycles. The summed E-state index contributed by atoms with van der Waals surface area (Å²) in [7, 11) is 0. The highest BCUT2D eigenvalue weighted by atomic mass is 35.5. The largest absolute Gasteiger partial charge is 0.315 e. The number of hydrogen-bond donors (Lipinski definition) is 0. The zero-order chi connectivity index (χ0) is 12.0. The van der Waals surface area contributed by atoms with Gasteiger partial charge in [-0.05, 0) is 12.2 Å². The molecule has 0 unspecified atom stereocenters. The number of thioether (sulfide) groups is 1. The molecule has 0 spiro atoms. The molecule has 0 bridgehead atoms. The van der Waals surface area contributed by atoms with E-state index in [1.165, 1.54) is 0 Å². The van der Waals surface area contributed by atoms with Gasteiger partial charge >= 0.3 is 5.70 Å². The lowest BCUT2D eigenvalue weighted by molar-refractivity contribution is -0.419. The molecule has 0 rings (SSSR count). The lowest BCUT2D eigenvalue weighted by Crippen LogP contribution is -2.01. The molecule has 0 aliphatic rings. The Kier molecular flexibility index (Phi) is 7.83. The molecule has 0 aromatic rings. The molecule has 0 fully saturated rings. The number of nitrogens with zero attached hydrogens (tertiary/aromatic N) is 1. The maximum Gasteiger partial charge on any atom is 0.315 e. The second-order valence-corrected chi connectivity index (χ2v) is 5.34. The minimum atomic E-state index is -0.710. The predicted octanol–water partition coefficient (Wildman–Crippen LogP) is 4.70. The molecule has 0 aromatic carbocycles. The first-order valence-corrected chi connectivity index (χ1v) is 6.29. The Balaban J connectivity index is 5.12. The molecule has 15 heavy (non-hydrogen) atoms. The van der Waals surface area contributed by atoms with E-state index in [1.54, 1.807) is 0 Å². The first-order chi connectivity index (χ1) is 6.91. The Morgan fingerprint density at radius 3 is 2.20 bits per heavy atom. The predicted molar refractivity (Wildman–Crippen MR) is 67.2 cm³/mol. The Labute approximate surface area is 112 Å². The third-order valence-electron chi connectivity index (χ3n) is 1.18. The normalized spacial score (nSPS) is 12.1. The van der Waals surface area contributed by atoms with Gasteiger partial charge in [-0.25, -0.2) is 0 Å². The van der Waals surface area contributed by atoms with Gasteiger partial charge in [-0.15, -0.1) is 11.8 Å². The summed E-state index contributed by atoms with van der Waals surface area (Å²) in [6.45, 7) is 1.93. The summed E-state index contributed by atoms with van der Waals surface area (Å²) in [5, 5.41) is 10.3. The molecule has 0 N–H and O–H groups in total. The molecule has 0 aromatic heterocycles. The minimum Gasteiger partial charge on any atom is -0.258 e. The third kappa shape index (κ3) is 5.31. The van der Waals surface area contributed by atoms with Crippen LogP contribution in [-0.2, 0) is 0 Å². The molecule has 0 saturated heterocycles. The monoisotopic (exact) mass is 309 g/mol. The van der Waals surface area contributed by atoms with Crippen LogP contribution in [0, 0.1) is 10.1 Å². The summed E-state index contributed by atoms with van der Waals surface area (Å²) in [6.07, 6.45) is 0.835. The van der Waals surface area contributed by atoms with E-state index < -0.39 is 10.6 Å². The highest BCUT2D eigenvalue weighted by Crippen LogP contribution is 2.34. The van der Waals surface area contributed by atoms with Gasteiger partial charge in [-0.3, -0.25) is 10.1 Å². The van der Waals surface area contributed by atoms with Crippen LogP contribution in [0.3, 0.4) is 0 Å². The van der Waals surface area contributed by atoms with Crippen LogP contribution in [0.5, 0.6) is 0 Å². The minimum absolute atomic E-state index is 0.0225. The number of rotatable bonds is 5. The van der Waals surface area contributed by atoms with Crippen molar-refractivity contribution in [3.05, 3.63) is 29.7 Å². The highest BCUT2D eigenvalue weighted by Gasteiger charge is 2.24. The topological polar surface area (TPSA) is 43.1 Å². The smallest absolute Gasteiger partial charge is 0.258 e. The lowest BCUT2D eigenvalue weighted by atomic mass is 10.5. The molecule has 0 amide bonds. The summed E-state index contributed by atoms with van der Waals surface area (Å²) < 4.78 is -0.399. The average molecular weight is 311 g/mol. The van der Waals surface area contributed by atoms with E-state index in [2.05, 4.69) is 0 Å². The SMILES string of the molecule is CCCS/C(Cl)=C(\C(Cl)=C(Cl)Cl)[N+](=O)[O-]. The van der Waals surface area contributed by atoms with E-state index in [4.69, 9.17) is 46.4 Å². The molecular weight excluding hydrogens is 304 g/mol. The molecule has 0 aliphatic heterocycles.